The topological polar surface area (TPSA) is 76.0 Å². The maximum atomic E-state index is 13.3. The van der Waals surface area contributed by atoms with E-state index in [0.29, 0.717) is 22.5 Å². The smallest absolute Gasteiger partial charge is 0.255 e. The molecule has 0 aliphatic carbocycles. The lowest BCUT2D eigenvalue weighted by Crippen LogP contribution is -2.14. The van der Waals surface area contributed by atoms with Crippen LogP contribution in [0.4, 0.5) is 15.8 Å². The third kappa shape index (κ3) is 4.84. The van der Waals surface area contributed by atoms with Crippen LogP contribution in [-0.4, -0.2) is 21.6 Å². The third-order valence-corrected chi connectivity index (χ3v) is 4.57. The molecule has 2 N–H and O–H groups in total. The van der Waals surface area contributed by atoms with Crippen molar-refractivity contribution in [1.82, 2.24) is 9.78 Å². The Kier molecular flexibility index (Phi) is 5.57. The van der Waals surface area contributed by atoms with E-state index in [1.807, 2.05) is 25.3 Å². The highest BCUT2D eigenvalue weighted by Crippen LogP contribution is 2.16. The van der Waals surface area contributed by atoms with Crippen molar-refractivity contribution < 1.29 is 14.0 Å². The largest absolute Gasteiger partial charge is 0.322 e. The van der Waals surface area contributed by atoms with E-state index in [0.717, 1.165) is 11.3 Å². The molecule has 31 heavy (non-hydrogen) atoms. The van der Waals surface area contributed by atoms with Crippen molar-refractivity contribution in [2.24, 2.45) is 0 Å². The first kappa shape index (κ1) is 20.0. The van der Waals surface area contributed by atoms with Gasteiger partial charge in [-0.2, -0.15) is 5.10 Å². The molecule has 154 valence electrons. The van der Waals surface area contributed by atoms with Gasteiger partial charge in [0.25, 0.3) is 11.8 Å². The molecule has 0 saturated heterocycles. The second-order valence-electron chi connectivity index (χ2n) is 7.01. The molecule has 0 saturated carbocycles. The maximum Gasteiger partial charge on any atom is 0.255 e. The second kappa shape index (κ2) is 8.62. The summed E-state index contributed by atoms with van der Waals surface area (Å²) >= 11 is 0. The molecule has 3 aromatic carbocycles. The van der Waals surface area contributed by atoms with Crippen LogP contribution in [0.25, 0.3) is 5.69 Å². The van der Waals surface area contributed by atoms with Crippen molar-refractivity contribution in [3.8, 4) is 5.69 Å². The SMILES string of the molecule is Cc1cnn(-c2ccc(C(=O)Nc3cccc(C(=O)Nc4cccc(F)c4)c3)cc2)c1. The maximum absolute atomic E-state index is 13.3. The van der Waals surface area contributed by atoms with Crippen LogP contribution in [0.1, 0.15) is 26.3 Å². The molecule has 2 amide bonds. The predicted octanol–water partition coefficient (Wildman–Crippen LogP) is 4.82. The zero-order valence-electron chi connectivity index (χ0n) is 16.7. The molecule has 7 heteroatoms. The standard InChI is InChI=1S/C24H19FN4O2/c1-16-14-26-29(15-16)22-10-8-17(9-11-22)23(30)27-20-6-2-4-18(12-20)24(31)28-21-7-3-5-19(25)13-21/h2-15H,1H3,(H,27,30)(H,28,31). The van der Waals surface area contributed by atoms with Gasteiger partial charge in [-0.05, 0) is 73.2 Å². The Bertz CT molecular complexity index is 1250. The van der Waals surface area contributed by atoms with Gasteiger partial charge in [-0.15, -0.1) is 0 Å². The Balaban J connectivity index is 1.44. The fourth-order valence-corrected chi connectivity index (χ4v) is 3.03. The van der Waals surface area contributed by atoms with Gasteiger partial charge in [-0.1, -0.05) is 12.1 Å². The van der Waals surface area contributed by atoms with Crippen molar-refractivity contribution in [1.29, 1.82) is 0 Å². The Morgan fingerprint density at radius 2 is 1.48 bits per heavy atom. The number of anilines is 2. The minimum atomic E-state index is -0.437. The zero-order chi connectivity index (χ0) is 21.8. The number of hydrogen-bond acceptors (Lipinski definition) is 3. The number of aromatic nitrogens is 2. The first-order chi connectivity index (χ1) is 15.0. The Hall–Kier alpha value is -4.26. The summed E-state index contributed by atoms with van der Waals surface area (Å²) in [5.41, 5.74) is 3.54. The van der Waals surface area contributed by atoms with Crippen LogP contribution in [0, 0.1) is 12.7 Å². The molecule has 0 aliphatic rings. The van der Waals surface area contributed by atoms with Gasteiger partial charge >= 0.3 is 0 Å². The van der Waals surface area contributed by atoms with Crippen LogP contribution in [0.15, 0.2) is 85.2 Å². The summed E-state index contributed by atoms with van der Waals surface area (Å²) in [6.45, 7) is 1.96. The van der Waals surface area contributed by atoms with E-state index in [2.05, 4.69) is 15.7 Å². The summed E-state index contributed by atoms with van der Waals surface area (Å²) in [6, 6.07) is 19.2. The minimum absolute atomic E-state index is 0.300. The van der Waals surface area contributed by atoms with Crippen molar-refractivity contribution >= 4 is 23.2 Å². The number of carbonyl (C=O) groups excluding carboxylic acids is 2. The van der Waals surface area contributed by atoms with Gasteiger partial charge in [0.15, 0.2) is 0 Å². The van der Waals surface area contributed by atoms with Gasteiger partial charge in [0.1, 0.15) is 5.82 Å². The first-order valence-electron chi connectivity index (χ1n) is 9.58. The van der Waals surface area contributed by atoms with E-state index in [9.17, 15) is 14.0 Å². The van der Waals surface area contributed by atoms with Gasteiger partial charge < -0.3 is 10.6 Å². The molecule has 0 fully saturated rings. The Morgan fingerprint density at radius 3 is 2.13 bits per heavy atom. The lowest BCUT2D eigenvalue weighted by molar-refractivity contribution is 0.101. The molecule has 0 aliphatic heterocycles. The monoisotopic (exact) mass is 414 g/mol. The summed E-state index contributed by atoms with van der Waals surface area (Å²) in [5.74, 6) is -1.14. The molecule has 0 spiro atoms. The third-order valence-electron chi connectivity index (χ3n) is 4.57. The fourth-order valence-electron chi connectivity index (χ4n) is 3.03. The van der Waals surface area contributed by atoms with Gasteiger partial charge in [0.2, 0.25) is 0 Å². The van der Waals surface area contributed by atoms with E-state index in [4.69, 9.17) is 0 Å². The molecule has 0 atom stereocenters. The van der Waals surface area contributed by atoms with Crippen LogP contribution in [0.2, 0.25) is 0 Å². The number of nitrogens with zero attached hydrogens (tertiary/aromatic N) is 2. The molecule has 0 radical (unpaired) electrons. The first-order valence-corrected chi connectivity index (χ1v) is 9.58. The number of aryl methyl sites for hydroxylation is 1. The zero-order valence-corrected chi connectivity index (χ0v) is 16.7. The highest BCUT2D eigenvalue weighted by Gasteiger charge is 2.11. The molecule has 1 aromatic heterocycles. The number of halogens is 1. The van der Waals surface area contributed by atoms with E-state index in [1.165, 1.54) is 18.2 Å². The average Bonchev–Trinajstić information content (AvgIpc) is 3.20. The van der Waals surface area contributed by atoms with Gasteiger partial charge in [0.05, 0.1) is 11.9 Å². The number of rotatable bonds is 5. The molecule has 4 aromatic rings. The summed E-state index contributed by atoms with van der Waals surface area (Å²) in [5, 5.41) is 9.67. The number of amides is 2. The van der Waals surface area contributed by atoms with Gasteiger partial charge in [0, 0.05) is 28.7 Å². The van der Waals surface area contributed by atoms with Crippen LogP contribution >= 0.6 is 0 Å². The van der Waals surface area contributed by atoms with Crippen molar-refractivity contribution in [3.05, 3.63) is 108 Å². The normalized spacial score (nSPS) is 10.5. The van der Waals surface area contributed by atoms with Crippen molar-refractivity contribution in [2.75, 3.05) is 10.6 Å². The van der Waals surface area contributed by atoms with Crippen LogP contribution in [0.5, 0.6) is 0 Å². The quantitative estimate of drug-likeness (QED) is 0.491. The summed E-state index contributed by atoms with van der Waals surface area (Å²) < 4.78 is 15.0. The molecule has 6 nitrogen and oxygen atoms in total. The average molecular weight is 414 g/mol. The highest BCUT2D eigenvalue weighted by molar-refractivity contribution is 6.07. The Labute approximate surface area is 178 Å². The molecule has 4 rings (SSSR count). The fraction of sp³-hybridized carbons (Fsp3) is 0.0417. The summed E-state index contributed by atoms with van der Waals surface area (Å²) in [6.07, 6.45) is 3.66. The van der Waals surface area contributed by atoms with Crippen LogP contribution in [0.3, 0.4) is 0 Å². The van der Waals surface area contributed by atoms with Crippen molar-refractivity contribution in [2.45, 2.75) is 6.92 Å². The molecular formula is C24H19FN4O2. The van der Waals surface area contributed by atoms with Crippen LogP contribution in [-0.2, 0) is 0 Å². The predicted molar refractivity (Wildman–Crippen MR) is 117 cm³/mol. The van der Waals surface area contributed by atoms with E-state index in [-0.39, 0.29) is 5.91 Å². The molecule has 1 heterocycles. The number of benzene rings is 3. The minimum Gasteiger partial charge on any atom is -0.322 e. The van der Waals surface area contributed by atoms with E-state index < -0.39 is 11.7 Å². The number of hydrogen-bond donors (Lipinski definition) is 2. The lowest BCUT2D eigenvalue weighted by Gasteiger charge is -2.09. The number of carbonyl (C=O) groups is 2. The molecular weight excluding hydrogens is 395 g/mol. The second-order valence-corrected chi connectivity index (χ2v) is 7.01. The van der Waals surface area contributed by atoms with E-state index in [1.54, 1.807) is 53.3 Å². The number of nitrogens with one attached hydrogen (secondary N) is 2. The molecule has 0 bridgehead atoms. The van der Waals surface area contributed by atoms with Crippen molar-refractivity contribution in [3.63, 3.8) is 0 Å². The van der Waals surface area contributed by atoms with Gasteiger partial charge in [-0.25, -0.2) is 9.07 Å². The summed E-state index contributed by atoms with van der Waals surface area (Å²) in [4.78, 5) is 25.1. The van der Waals surface area contributed by atoms with Gasteiger partial charge in [-0.3, -0.25) is 9.59 Å². The van der Waals surface area contributed by atoms with E-state index >= 15 is 0 Å². The molecule has 0 unspecified atom stereocenters. The summed E-state index contributed by atoms with van der Waals surface area (Å²) in [7, 11) is 0. The lowest BCUT2D eigenvalue weighted by atomic mass is 10.1. The highest BCUT2D eigenvalue weighted by atomic mass is 19.1. The Morgan fingerprint density at radius 1 is 0.839 bits per heavy atom. The van der Waals surface area contributed by atoms with Crippen LogP contribution < -0.4 is 10.6 Å².